The summed E-state index contributed by atoms with van der Waals surface area (Å²) in [5.74, 6) is -1.57. The van der Waals surface area contributed by atoms with Crippen molar-refractivity contribution in [2.75, 3.05) is 6.61 Å². The summed E-state index contributed by atoms with van der Waals surface area (Å²) in [4.78, 5) is 36.7. The van der Waals surface area contributed by atoms with Crippen LogP contribution in [0, 0.1) is 11.8 Å². The van der Waals surface area contributed by atoms with E-state index in [2.05, 4.69) is 34.9 Å². The summed E-state index contributed by atoms with van der Waals surface area (Å²) in [6.07, 6.45) is 1.50. The summed E-state index contributed by atoms with van der Waals surface area (Å²) in [5.41, 5.74) is 4.63. The summed E-state index contributed by atoms with van der Waals surface area (Å²) >= 11 is 0. The molecule has 4 rings (SSSR count). The molecule has 2 aromatic carbocycles. The molecule has 1 fully saturated rings. The van der Waals surface area contributed by atoms with Crippen LogP contribution in [-0.2, 0) is 14.3 Å². The second-order valence-electron chi connectivity index (χ2n) is 9.57. The minimum atomic E-state index is -0.946. The van der Waals surface area contributed by atoms with Crippen LogP contribution in [0.1, 0.15) is 56.6 Å². The smallest absolute Gasteiger partial charge is 0.407 e. The van der Waals surface area contributed by atoms with Gasteiger partial charge in [-0.2, -0.15) is 0 Å². The molecule has 0 heterocycles. The molecule has 0 spiro atoms. The van der Waals surface area contributed by atoms with Crippen LogP contribution < -0.4 is 10.6 Å². The van der Waals surface area contributed by atoms with Crippen molar-refractivity contribution in [1.29, 1.82) is 0 Å². The van der Waals surface area contributed by atoms with Crippen LogP contribution in [0.15, 0.2) is 48.5 Å². The summed E-state index contributed by atoms with van der Waals surface area (Å²) < 4.78 is 5.64. The largest absolute Gasteiger partial charge is 0.481 e. The molecule has 2 aliphatic rings. The molecule has 2 aromatic rings. The molecular weight excluding hydrogens is 432 g/mol. The SMILES string of the molecule is CC(C)[C@H](CC(=O)O)NC(=O)C1CCCC1NC(=O)OCC1c2ccccc2-c2ccccc21. The molecule has 0 aromatic heterocycles. The molecule has 2 amide bonds. The molecule has 0 aliphatic heterocycles. The number of benzene rings is 2. The molecule has 0 radical (unpaired) electrons. The quantitative estimate of drug-likeness (QED) is 0.540. The fraction of sp³-hybridized carbons (Fsp3) is 0.444. The lowest BCUT2D eigenvalue weighted by molar-refractivity contribution is -0.138. The Bertz CT molecular complexity index is 1020. The number of alkyl carbamates (subject to hydrolysis) is 1. The van der Waals surface area contributed by atoms with E-state index >= 15 is 0 Å². The molecule has 7 heteroatoms. The van der Waals surface area contributed by atoms with Crippen molar-refractivity contribution in [1.82, 2.24) is 10.6 Å². The van der Waals surface area contributed by atoms with Gasteiger partial charge < -0.3 is 20.5 Å². The van der Waals surface area contributed by atoms with E-state index in [-0.39, 0.29) is 36.8 Å². The van der Waals surface area contributed by atoms with Gasteiger partial charge in [0.2, 0.25) is 5.91 Å². The second kappa shape index (κ2) is 10.3. The lowest BCUT2D eigenvalue weighted by atomic mass is 9.97. The van der Waals surface area contributed by atoms with Crippen molar-refractivity contribution >= 4 is 18.0 Å². The fourth-order valence-electron chi connectivity index (χ4n) is 5.17. The maximum Gasteiger partial charge on any atom is 0.407 e. The van der Waals surface area contributed by atoms with Crippen LogP contribution in [0.5, 0.6) is 0 Å². The zero-order chi connectivity index (χ0) is 24.2. The van der Waals surface area contributed by atoms with Gasteiger partial charge in [-0.1, -0.05) is 68.8 Å². The van der Waals surface area contributed by atoms with Gasteiger partial charge in [-0.25, -0.2) is 4.79 Å². The first kappa shape index (κ1) is 23.8. The molecule has 0 bridgehead atoms. The molecule has 2 unspecified atom stereocenters. The Morgan fingerprint density at radius 1 is 1.00 bits per heavy atom. The third-order valence-corrected chi connectivity index (χ3v) is 7.03. The molecule has 1 saturated carbocycles. The molecule has 2 aliphatic carbocycles. The summed E-state index contributed by atoms with van der Waals surface area (Å²) in [5, 5.41) is 14.9. The molecule has 34 heavy (non-hydrogen) atoms. The van der Waals surface area contributed by atoms with Gasteiger partial charge in [-0.15, -0.1) is 0 Å². The number of fused-ring (bicyclic) bond motifs is 3. The average molecular weight is 465 g/mol. The normalized spacial score (nSPS) is 19.9. The highest BCUT2D eigenvalue weighted by molar-refractivity contribution is 5.82. The van der Waals surface area contributed by atoms with Crippen molar-refractivity contribution in [3.8, 4) is 11.1 Å². The average Bonchev–Trinajstić information content (AvgIpc) is 3.39. The van der Waals surface area contributed by atoms with Crippen molar-refractivity contribution in [3.05, 3.63) is 59.7 Å². The van der Waals surface area contributed by atoms with Crippen molar-refractivity contribution < 1.29 is 24.2 Å². The van der Waals surface area contributed by atoms with E-state index in [4.69, 9.17) is 9.84 Å². The third kappa shape index (κ3) is 5.08. The fourth-order valence-corrected chi connectivity index (χ4v) is 5.17. The van der Waals surface area contributed by atoms with Gasteiger partial charge in [0.25, 0.3) is 0 Å². The predicted octanol–water partition coefficient (Wildman–Crippen LogP) is 4.31. The topological polar surface area (TPSA) is 105 Å². The van der Waals surface area contributed by atoms with Crippen molar-refractivity contribution in [2.45, 2.75) is 57.5 Å². The number of carbonyl (C=O) groups excluding carboxylic acids is 2. The van der Waals surface area contributed by atoms with E-state index in [0.29, 0.717) is 12.8 Å². The minimum absolute atomic E-state index is 0.00463. The molecule has 7 nitrogen and oxygen atoms in total. The van der Waals surface area contributed by atoms with Crippen LogP contribution in [0.2, 0.25) is 0 Å². The van der Waals surface area contributed by atoms with Gasteiger partial charge in [0.1, 0.15) is 6.61 Å². The lowest BCUT2D eigenvalue weighted by Gasteiger charge is -2.25. The number of ether oxygens (including phenoxy) is 1. The lowest BCUT2D eigenvalue weighted by Crippen LogP contribution is -2.48. The zero-order valence-corrected chi connectivity index (χ0v) is 19.6. The maximum atomic E-state index is 12.9. The highest BCUT2D eigenvalue weighted by atomic mass is 16.5. The van der Waals surface area contributed by atoms with E-state index < -0.39 is 24.0 Å². The first-order chi connectivity index (χ1) is 16.3. The van der Waals surface area contributed by atoms with Crippen molar-refractivity contribution in [3.63, 3.8) is 0 Å². The molecule has 180 valence electrons. The molecule has 0 saturated heterocycles. The standard InChI is InChI=1S/C27H32N2O5/c1-16(2)24(14-25(30)31)28-26(32)21-12-7-13-23(21)29-27(33)34-15-22-19-10-5-3-8-17(19)18-9-4-6-11-20(18)22/h3-6,8-11,16,21-24H,7,12-15H2,1-2H3,(H,28,32)(H,29,33)(H,30,31)/t21?,23?,24-/m0/s1. The molecule has 3 N–H and O–H groups in total. The van der Waals surface area contributed by atoms with E-state index in [0.717, 1.165) is 17.5 Å². The minimum Gasteiger partial charge on any atom is -0.481 e. The number of nitrogens with one attached hydrogen (secondary N) is 2. The molecular formula is C27H32N2O5. The van der Waals surface area contributed by atoms with Crippen molar-refractivity contribution in [2.24, 2.45) is 11.8 Å². The Balaban J connectivity index is 1.36. The van der Waals surface area contributed by atoms with Crippen LogP contribution in [0.4, 0.5) is 4.79 Å². The van der Waals surface area contributed by atoms with Gasteiger partial charge in [0.15, 0.2) is 0 Å². The van der Waals surface area contributed by atoms with Gasteiger partial charge in [0, 0.05) is 18.0 Å². The summed E-state index contributed by atoms with van der Waals surface area (Å²) in [7, 11) is 0. The second-order valence-corrected chi connectivity index (χ2v) is 9.57. The summed E-state index contributed by atoms with van der Waals surface area (Å²) in [6, 6.07) is 15.6. The van der Waals surface area contributed by atoms with Gasteiger partial charge in [0.05, 0.1) is 12.3 Å². The Kier molecular flexibility index (Phi) is 7.20. The number of carboxylic acid groups (broad SMARTS) is 1. The monoisotopic (exact) mass is 464 g/mol. The van der Waals surface area contributed by atoms with Gasteiger partial charge in [-0.3, -0.25) is 9.59 Å². The molecule has 3 atom stereocenters. The maximum absolute atomic E-state index is 12.9. The Hall–Kier alpha value is -3.35. The number of aliphatic carboxylic acids is 1. The van der Waals surface area contributed by atoms with E-state index in [1.54, 1.807) is 0 Å². The zero-order valence-electron chi connectivity index (χ0n) is 19.6. The highest BCUT2D eigenvalue weighted by Crippen LogP contribution is 2.44. The number of rotatable bonds is 8. The number of hydrogen-bond acceptors (Lipinski definition) is 4. The van der Waals surface area contributed by atoms with E-state index in [1.807, 2.05) is 38.1 Å². The number of amides is 2. The Labute approximate surface area is 199 Å². The summed E-state index contributed by atoms with van der Waals surface area (Å²) in [6.45, 7) is 3.99. The Morgan fingerprint density at radius 3 is 2.21 bits per heavy atom. The van der Waals surface area contributed by atoms with Crippen LogP contribution in [-0.4, -0.2) is 41.8 Å². The van der Waals surface area contributed by atoms with E-state index in [1.165, 1.54) is 11.1 Å². The van der Waals surface area contributed by atoms with E-state index in [9.17, 15) is 14.4 Å². The van der Waals surface area contributed by atoms with Gasteiger partial charge in [-0.05, 0) is 41.0 Å². The first-order valence-electron chi connectivity index (χ1n) is 12.0. The number of hydrogen-bond donors (Lipinski definition) is 3. The third-order valence-electron chi connectivity index (χ3n) is 7.03. The number of carbonyl (C=O) groups is 3. The highest BCUT2D eigenvalue weighted by Gasteiger charge is 2.36. The number of carboxylic acids is 1. The van der Waals surface area contributed by atoms with Crippen LogP contribution in [0.3, 0.4) is 0 Å². The Morgan fingerprint density at radius 2 is 1.62 bits per heavy atom. The van der Waals surface area contributed by atoms with Crippen LogP contribution in [0.25, 0.3) is 11.1 Å². The predicted molar refractivity (Wildman–Crippen MR) is 128 cm³/mol. The van der Waals surface area contributed by atoms with Gasteiger partial charge >= 0.3 is 12.1 Å². The first-order valence-corrected chi connectivity index (χ1v) is 12.0. The van der Waals surface area contributed by atoms with Crippen LogP contribution >= 0.6 is 0 Å².